The molecule has 2 unspecified atom stereocenters. The third-order valence-corrected chi connectivity index (χ3v) is 7.31. The maximum absolute atomic E-state index is 13.0. The van der Waals surface area contributed by atoms with Crippen molar-refractivity contribution in [1.82, 2.24) is 14.1 Å². The summed E-state index contributed by atoms with van der Waals surface area (Å²) < 4.78 is 34.9. The molecule has 1 fully saturated rings. The summed E-state index contributed by atoms with van der Waals surface area (Å²) in [6, 6.07) is 17.7. The van der Waals surface area contributed by atoms with Crippen LogP contribution in [0.25, 0.3) is 0 Å². The average molecular weight is 469 g/mol. The number of hydrogen-bond acceptors (Lipinski definition) is 5. The number of sulfonamides is 1. The first-order valence-corrected chi connectivity index (χ1v) is 12.3. The molecule has 0 radical (unpaired) electrons. The van der Waals surface area contributed by atoms with Crippen molar-refractivity contribution in [3.05, 3.63) is 77.5 Å². The summed E-state index contributed by atoms with van der Waals surface area (Å²) in [7, 11) is -3.66. The summed E-state index contributed by atoms with van der Waals surface area (Å²) in [5, 5.41) is 7.36. The van der Waals surface area contributed by atoms with Gasteiger partial charge in [0.15, 0.2) is 0 Å². The summed E-state index contributed by atoms with van der Waals surface area (Å²) >= 11 is 0. The number of aromatic nitrogens is 2. The molecule has 1 N–H and O–H groups in total. The van der Waals surface area contributed by atoms with Crippen LogP contribution in [0.5, 0.6) is 0 Å². The molecule has 174 valence electrons. The van der Waals surface area contributed by atoms with Crippen molar-refractivity contribution in [3.63, 3.8) is 0 Å². The van der Waals surface area contributed by atoms with Gasteiger partial charge >= 0.3 is 0 Å². The number of carbonyl (C=O) groups excluding carboxylic acids is 1. The normalized spacial score (nSPS) is 19.4. The van der Waals surface area contributed by atoms with Crippen LogP contribution in [0.1, 0.15) is 35.5 Å². The summed E-state index contributed by atoms with van der Waals surface area (Å²) in [5.74, 6) is 0.246. The summed E-state index contributed by atoms with van der Waals surface area (Å²) in [6.45, 7) is 6.72. The zero-order chi connectivity index (χ0) is 23.6. The largest absolute Gasteiger partial charge is 0.373 e. The molecule has 0 saturated carbocycles. The molecule has 2 aromatic carbocycles. The maximum Gasteiger partial charge on any atom is 0.256 e. The molecule has 1 aromatic heterocycles. The average Bonchev–Trinajstić information content (AvgIpc) is 3.12. The first-order valence-electron chi connectivity index (χ1n) is 10.9. The second-order valence-corrected chi connectivity index (χ2v) is 10.3. The second-order valence-electron chi connectivity index (χ2n) is 8.37. The highest BCUT2D eigenvalue weighted by Gasteiger charge is 2.32. The van der Waals surface area contributed by atoms with Crippen LogP contribution in [0.15, 0.2) is 65.6 Å². The monoisotopic (exact) mass is 468 g/mol. The number of carbonyl (C=O) groups is 1. The van der Waals surface area contributed by atoms with Crippen LogP contribution in [0, 0.1) is 6.92 Å². The molecule has 1 aliphatic heterocycles. The van der Waals surface area contributed by atoms with E-state index in [9.17, 15) is 13.2 Å². The Kier molecular flexibility index (Phi) is 6.64. The number of morpholine rings is 1. The molecule has 9 heteroatoms. The molecule has 0 bridgehead atoms. The Bertz CT molecular complexity index is 1210. The van der Waals surface area contributed by atoms with Crippen molar-refractivity contribution in [3.8, 4) is 0 Å². The number of aryl methyl sites for hydroxylation is 1. The van der Waals surface area contributed by atoms with E-state index in [0.29, 0.717) is 31.0 Å². The van der Waals surface area contributed by atoms with E-state index in [2.05, 4.69) is 10.4 Å². The van der Waals surface area contributed by atoms with Gasteiger partial charge < -0.3 is 10.1 Å². The van der Waals surface area contributed by atoms with Gasteiger partial charge in [-0.25, -0.2) is 13.1 Å². The number of ether oxygens (including phenoxy) is 1. The van der Waals surface area contributed by atoms with Crippen LogP contribution < -0.4 is 5.32 Å². The maximum atomic E-state index is 13.0. The molecule has 4 rings (SSSR count). The van der Waals surface area contributed by atoms with E-state index in [1.165, 1.54) is 28.6 Å². The lowest BCUT2D eigenvalue weighted by Gasteiger charge is -2.34. The lowest BCUT2D eigenvalue weighted by Crippen LogP contribution is -2.48. The van der Waals surface area contributed by atoms with Crippen molar-refractivity contribution in [2.24, 2.45) is 0 Å². The molecule has 0 spiro atoms. The molecule has 33 heavy (non-hydrogen) atoms. The van der Waals surface area contributed by atoms with Gasteiger partial charge in [0.1, 0.15) is 5.82 Å². The highest BCUT2D eigenvalue weighted by molar-refractivity contribution is 7.89. The van der Waals surface area contributed by atoms with E-state index in [1.54, 1.807) is 10.7 Å². The zero-order valence-electron chi connectivity index (χ0n) is 18.9. The first-order chi connectivity index (χ1) is 15.7. The fourth-order valence-electron chi connectivity index (χ4n) is 3.97. The quantitative estimate of drug-likeness (QED) is 0.599. The van der Waals surface area contributed by atoms with Crippen LogP contribution in [0.3, 0.4) is 0 Å². The molecule has 1 amide bonds. The standard InChI is InChI=1S/C24H28N4O4S/c1-17-13-23(28(26-17)16-20-7-5-4-6-8-20)25-24(29)21-9-11-22(12-10-21)33(30,31)27-14-18(2)32-19(3)15-27/h4-13,18-19H,14-16H2,1-3H3,(H,25,29). The van der Waals surface area contributed by atoms with Crippen LogP contribution in [0.2, 0.25) is 0 Å². The van der Waals surface area contributed by atoms with Crippen LogP contribution in [0.4, 0.5) is 5.82 Å². The SMILES string of the molecule is Cc1cc(NC(=O)c2ccc(S(=O)(=O)N3CC(C)OC(C)C3)cc2)n(Cc2ccccc2)n1. The van der Waals surface area contributed by atoms with Gasteiger partial charge in [0.25, 0.3) is 5.91 Å². The summed E-state index contributed by atoms with van der Waals surface area (Å²) in [4.78, 5) is 13.0. The highest BCUT2D eigenvalue weighted by atomic mass is 32.2. The topological polar surface area (TPSA) is 93.5 Å². The molecule has 1 aliphatic rings. The molecule has 0 aliphatic carbocycles. The lowest BCUT2D eigenvalue weighted by molar-refractivity contribution is -0.0440. The smallest absolute Gasteiger partial charge is 0.256 e. The molecule has 2 heterocycles. The Hall–Kier alpha value is -3.01. The Morgan fingerprint density at radius 2 is 1.70 bits per heavy atom. The number of rotatable bonds is 6. The second kappa shape index (κ2) is 9.46. The number of nitrogens with one attached hydrogen (secondary N) is 1. The van der Waals surface area contributed by atoms with Gasteiger partial charge in [-0.05, 0) is 50.6 Å². The van der Waals surface area contributed by atoms with Gasteiger partial charge in [0.2, 0.25) is 10.0 Å². The predicted molar refractivity (Wildman–Crippen MR) is 126 cm³/mol. The fraction of sp³-hybridized carbons (Fsp3) is 0.333. The van der Waals surface area contributed by atoms with Crippen LogP contribution >= 0.6 is 0 Å². The third kappa shape index (κ3) is 5.32. The number of nitrogens with zero attached hydrogens (tertiary/aromatic N) is 3. The van der Waals surface area contributed by atoms with E-state index in [4.69, 9.17) is 4.74 Å². The van der Waals surface area contributed by atoms with E-state index < -0.39 is 10.0 Å². The van der Waals surface area contributed by atoms with Gasteiger partial charge in [-0.15, -0.1) is 0 Å². The van der Waals surface area contributed by atoms with E-state index in [-0.39, 0.29) is 23.0 Å². The number of benzene rings is 2. The highest BCUT2D eigenvalue weighted by Crippen LogP contribution is 2.22. The van der Waals surface area contributed by atoms with Crippen molar-refractivity contribution in [1.29, 1.82) is 0 Å². The van der Waals surface area contributed by atoms with Gasteiger partial charge in [-0.2, -0.15) is 9.40 Å². The first kappa shape index (κ1) is 23.2. The van der Waals surface area contributed by atoms with E-state index >= 15 is 0 Å². The summed E-state index contributed by atoms with van der Waals surface area (Å²) in [6.07, 6.45) is -0.337. The third-order valence-electron chi connectivity index (χ3n) is 5.46. The van der Waals surface area contributed by atoms with E-state index in [0.717, 1.165) is 11.3 Å². The molecule has 8 nitrogen and oxygen atoms in total. The minimum Gasteiger partial charge on any atom is -0.373 e. The Labute approximate surface area is 194 Å². The minimum absolute atomic E-state index is 0.158. The molecular formula is C24H28N4O4S. The van der Waals surface area contributed by atoms with E-state index in [1.807, 2.05) is 51.1 Å². The fourth-order valence-corrected chi connectivity index (χ4v) is 5.56. The number of amides is 1. The molecular weight excluding hydrogens is 440 g/mol. The minimum atomic E-state index is -3.66. The van der Waals surface area contributed by atoms with Crippen molar-refractivity contribution in [2.75, 3.05) is 18.4 Å². The van der Waals surface area contributed by atoms with Crippen molar-refractivity contribution >= 4 is 21.7 Å². The Balaban J connectivity index is 1.48. The van der Waals surface area contributed by atoms with Gasteiger partial charge in [-0.1, -0.05) is 30.3 Å². The molecule has 3 aromatic rings. The zero-order valence-corrected chi connectivity index (χ0v) is 19.7. The van der Waals surface area contributed by atoms with Gasteiger partial charge in [0.05, 0.1) is 29.3 Å². The van der Waals surface area contributed by atoms with Crippen molar-refractivity contribution < 1.29 is 17.9 Å². The Morgan fingerprint density at radius 3 is 2.33 bits per heavy atom. The van der Waals surface area contributed by atoms with Crippen molar-refractivity contribution in [2.45, 2.75) is 44.4 Å². The van der Waals surface area contributed by atoms with Crippen LogP contribution in [-0.2, 0) is 21.3 Å². The predicted octanol–water partition coefficient (Wildman–Crippen LogP) is 3.29. The summed E-state index contributed by atoms with van der Waals surface area (Å²) in [5.41, 5.74) is 2.22. The number of hydrogen-bond donors (Lipinski definition) is 1. The van der Waals surface area contributed by atoms with Gasteiger partial charge in [0, 0.05) is 24.7 Å². The van der Waals surface area contributed by atoms with Crippen LogP contribution in [-0.4, -0.2) is 53.7 Å². The molecule has 2 atom stereocenters. The Morgan fingerprint density at radius 1 is 1.06 bits per heavy atom. The van der Waals surface area contributed by atoms with Gasteiger partial charge in [-0.3, -0.25) is 4.79 Å². The molecule has 1 saturated heterocycles. The lowest BCUT2D eigenvalue weighted by atomic mass is 10.2. The number of anilines is 1.